The first-order valence-corrected chi connectivity index (χ1v) is 15.4. The largest absolute Gasteiger partial charge is 0.452 e. The zero-order valence-corrected chi connectivity index (χ0v) is 28.4. The fourth-order valence-electron chi connectivity index (χ4n) is 3.53. The van der Waals surface area contributed by atoms with E-state index >= 15 is 0 Å². The van der Waals surface area contributed by atoms with E-state index in [9.17, 15) is 0 Å². The quantitative estimate of drug-likeness (QED) is 0.306. The third kappa shape index (κ3) is 36.6. The molecule has 9 heteroatoms. The minimum atomic E-state index is -1.17. The van der Waals surface area contributed by atoms with Gasteiger partial charge in [-0.3, -0.25) is 0 Å². The Hall–Kier alpha value is -1.41. The molecule has 0 bridgehead atoms. The standard InChI is InChI=1S/C8H15N.C7H13N.C6H12BNO2.4C2H6.CH5BO2/c1-3-4-8-5-6-9(2)7-8;1-3-7-4-5-8(2)6-7;1-8-3-2-6(5-8)4-7(9)10;4*1-2;1-2(3)4/h5-6,8H,3-4,7H2,1-2H3;4-5,7H,3,6H2,1-2H3;2-3,6,9-10H,4-5H2,1H3;4*1-2H3;3-4H,1H3. The molecule has 234 valence electrons. The smallest absolute Gasteiger partial charge is 0.427 e. The lowest BCUT2D eigenvalue weighted by Gasteiger charge is -2.10. The molecule has 3 aliphatic rings. The maximum Gasteiger partial charge on any atom is 0.452 e. The van der Waals surface area contributed by atoms with E-state index in [4.69, 9.17) is 20.1 Å². The second-order valence-electron chi connectivity index (χ2n) is 8.67. The van der Waals surface area contributed by atoms with Crippen molar-refractivity contribution < 1.29 is 20.1 Å². The van der Waals surface area contributed by atoms with E-state index in [2.05, 4.69) is 62.3 Å². The van der Waals surface area contributed by atoms with Gasteiger partial charge in [0.25, 0.3) is 0 Å². The van der Waals surface area contributed by atoms with Gasteiger partial charge in [0.2, 0.25) is 0 Å². The predicted octanol–water partition coefficient (Wildman–Crippen LogP) is 6.06. The highest BCUT2D eigenvalue weighted by Crippen LogP contribution is 2.16. The average Bonchev–Trinajstić information content (AvgIpc) is 3.66. The van der Waals surface area contributed by atoms with Crippen molar-refractivity contribution >= 4 is 14.2 Å². The van der Waals surface area contributed by atoms with Gasteiger partial charge in [-0.1, -0.05) is 93.9 Å². The molecule has 0 saturated heterocycles. The third-order valence-corrected chi connectivity index (χ3v) is 5.10. The molecule has 0 saturated carbocycles. The normalized spacial score (nSPS) is 18.9. The van der Waals surface area contributed by atoms with Crippen LogP contribution in [-0.2, 0) is 0 Å². The van der Waals surface area contributed by atoms with E-state index in [0.29, 0.717) is 12.2 Å². The van der Waals surface area contributed by atoms with Crippen LogP contribution in [0.25, 0.3) is 0 Å². The van der Waals surface area contributed by atoms with Gasteiger partial charge in [0.15, 0.2) is 0 Å². The maximum atomic E-state index is 8.60. The first-order chi connectivity index (χ1) is 18.6. The van der Waals surface area contributed by atoms with Crippen LogP contribution in [0.3, 0.4) is 0 Å². The van der Waals surface area contributed by atoms with Crippen molar-refractivity contribution in [3.05, 3.63) is 36.8 Å². The molecule has 0 radical (unpaired) electrons. The number of hydrogen-bond donors (Lipinski definition) is 4. The molecule has 3 heterocycles. The van der Waals surface area contributed by atoms with Crippen molar-refractivity contribution in [1.82, 2.24) is 14.7 Å². The first kappa shape index (κ1) is 47.4. The van der Waals surface area contributed by atoms with Crippen LogP contribution in [-0.4, -0.2) is 89.8 Å². The molecular formula is C30H69B2N3O4. The first-order valence-electron chi connectivity index (χ1n) is 15.4. The van der Waals surface area contributed by atoms with E-state index in [-0.39, 0.29) is 0 Å². The van der Waals surface area contributed by atoms with Crippen molar-refractivity contribution in [2.75, 3.05) is 40.8 Å². The average molecular weight is 558 g/mol. The van der Waals surface area contributed by atoms with Crippen molar-refractivity contribution in [3.8, 4) is 0 Å². The van der Waals surface area contributed by atoms with Gasteiger partial charge < -0.3 is 34.8 Å². The fourth-order valence-corrected chi connectivity index (χ4v) is 3.53. The Bertz CT molecular complexity index is 534. The number of rotatable bonds is 5. The van der Waals surface area contributed by atoms with Gasteiger partial charge >= 0.3 is 14.2 Å². The van der Waals surface area contributed by atoms with Crippen LogP contribution in [0, 0.1) is 17.8 Å². The topological polar surface area (TPSA) is 90.6 Å². The summed E-state index contributed by atoms with van der Waals surface area (Å²) in [6.07, 6.45) is 17.3. The Morgan fingerprint density at radius 2 is 0.923 bits per heavy atom. The summed E-state index contributed by atoms with van der Waals surface area (Å²) in [5, 5.41) is 32.4. The van der Waals surface area contributed by atoms with Crippen LogP contribution in [0.2, 0.25) is 13.1 Å². The van der Waals surface area contributed by atoms with Crippen LogP contribution in [0.15, 0.2) is 36.8 Å². The van der Waals surface area contributed by atoms with Crippen LogP contribution in [0.4, 0.5) is 0 Å². The molecular weight excluding hydrogens is 488 g/mol. The molecule has 0 aromatic carbocycles. The second kappa shape index (κ2) is 36.6. The van der Waals surface area contributed by atoms with Crippen molar-refractivity contribution in [2.45, 2.75) is 102 Å². The zero-order chi connectivity index (χ0) is 31.8. The van der Waals surface area contributed by atoms with Crippen molar-refractivity contribution in [2.24, 2.45) is 17.8 Å². The second-order valence-corrected chi connectivity index (χ2v) is 8.67. The molecule has 0 aliphatic carbocycles. The number of nitrogens with zero attached hydrogens (tertiary/aromatic N) is 3. The van der Waals surface area contributed by atoms with Crippen molar-refractivity contribution in [1.29, 1.82) is 0 Å². The summed E-state index contributed by atoms with van der Waals surface area (Å²) >= 11 is 0. The Labute approximate surface area is 246 Å². The van der Waals surface area contributed by atoms with Gasteiger partial charge in [-0.2, -0.15) is 0 Å². The minimum Gasteiger partial charge on any atom is -0.427 e. The fraction of sp³-hybridized carbons (Fsp3) is 0.800. The lowest BCUT2D eigenvalue weighted by Crippen LogP contribution is -2.19. The molecule has 0 aromatic heterocycles. The van der Waals surface area contributed by atoms with Gasteiger partial charge in [0.1, 0.15) is 0 Å². The van der Waals surface area contributed by atoms with Gasteiger partial charge in [-0.15, -0.1) is 0 Å². The summed E-state index contributed by atoms with van der Waals surface area (Å²) in [6.45, 7) is 25.1. The van der Waals surface area contributed by atoms with E-state index in [1.165, 1.54) is 39.2 Å². The molecule has 4 N–H and O–H groups in total. The third-order valence-electron chi connectivity index (χ3n) is 5.10. The van der Waals surface area contributed by atoms with Crippen LogP contribution in [0.5, 0.6) is 0 Å². The zero-order valence-electron chi connectivity index (χ0n) is 28.4. The summed E-state index contributed by atoms with van der Waals surface area (Å²) in [5.41, 5.74) is 0. The van der Waals surface area contributed by atoms with Crippen LogP contribution >= 0.6 is 0 Å². The molecule has 0 amide bonds. The maximum absolute atomic E-state index is 8.60. The highest BCUT2D eigenvalue weighted by atomic mass is 16.4. The lowest BCUT2D eigenvalue weighted by molar-refractivity contribution is 0.382. The van der Waals surface area contributed by atoms with E-state index in [0.717, 1.165) is 18.4 Å². The Morgan fingerprint density at radius 1 is 0.615 bits per heavy atom. The summed E-state index contributed by atoms with van der Waals surface area (Å²) in [5.74, 6) is 1.96. The lowest BCUT2D eigenvalue weighted by atomic mass is 9.79. The predicted molar refractivity (Wildman–Crippen MR) is 177 cm³/mol. The van der Waals surface area contributed by atoms with Crippen LogP contribution in [0.1, 0.15) is 88.5 Å². The van der Waals surface area contributed by atoms with Crippen LogP contribution < -0.4 is 0 Å². The number of hydrogen-bond acceptors (Lipinski definition) is 7. The molecule has 0 fully saturated rings. The SMILES string of the molecule is CB(O)O.CC.CC.CC.CC.CCC1C=CN(C)C1.CCCC1C=CN(C)C1.CN1C=CC(CB(O)O)C1. The van der Waals surface area contributed by atoms with Crippen molar-refractivity contribution in [3.63, 3.8) is 0 Å². The van der Waals surface area contributed by atoms with Gasteiger partial charge in [0.05, 0.1) is 0 Å². The summed E-state index contributed by atoms with van der Waals surface area (Å²) in [7, 11) is 3.89. The molecule has 3 rings (SSSR count). The van der Waals surface area contributed by atoms with Gasteiger partial charge in [-0.05, 0) is 62.3 Å². The van der Waals surface area contributed by atoms with E-state index in [1.807, 2.05) is 79.6 Å². The molecule has 3 unspecified atom stereocenters. The Kier molecular flexibility index (Phi) is 44.5. The van der Waals surface area contributed by atoms with Gasteiger partial charge in [0, 0.05) is 40.8 Å². The molecule has 3 aliphatic heterocycles. The van der Waals surface area contributed by atoms with Gasteiger partial charge in [-0.25, -0.2) is 0 Å². The molecule has 3 atom stereocenters. The monoisotopic (exact) mass is 558 g/mol. The Morgan fingerprint density at radius 3 is 1.13 bits per heavy atom. The van der Waals surface area contributed by atoms with E-state index in [1.54, 1.807) is 0 Å². The Balaban J connectivity index is -0.000000124. The highest BCUT2D eigenvalue weighted by Gasteiger charge is 2.18. The molecule has 0 spiro atoms. The highest BCUT2D eigenvalue weighted by molar-refractivity contribution is 6.41. The molecule has 0 aromatic rings. The summed E-state index contributed by atoms with van der Waals surface area (Å²) < 4.78 is 0. The molecule has 39 heavy (non-hydrogen) atoms. The minimum absolute atomic E-state index is 0.310. The summed E-state index contributed by atoms with van der Waals surface area (Å²) in [4.78, 5) is 6.52. The van der Waals surface area contributed by atoms with E-state index < -0.39 is 14.2 Å². The summed E-state index contributed by atoms with van der Waals surface area (Å²) in [6, 6.07) is 0. The molecule has 7 nitrogen and oxygen atoms in total.